The van der Waals surface area contributed by atoms with E-state index in [-0.39, 0.29) is 0 Å². The maximum Gasteiger partial charge on any atom is 0.113 e. The molecule has 0 saturated heterocycles. The van der Waals surface area contributed by atoms with E-state index in [1.165, 1.54) is 5.57 Å². The third-order valence-corrected chi connectivity index (χ3v) is 2.17. The van der Waals surface area contributed by atoms with Crippen molar-refractivity contribution in [3.05, 3.63) is 36.4 Å². The van der Waals surface area contributed by atoms with Crippen LogP contribution in [0.2, 0.25) is 0 Å². The van der Waals surface area contributed by atoms with Gasteiger partial charge in [0.1, 0.15) is 5.52 Å². The first-order valence-electron chi connectivity index (χ1n) is 4.70. The summed E-state index contributed by atoms with van der Waals surface area (Å²) in [6.07, 6.45) is 0.952. The molecule has 0 amide bonds. The van der Waals surface area contributed by atoms with Crippen molar-refractivity contribution in [3.8, 4) is 0 Å². The summed E-state index contributed by atoms with van der Waals surface area (Å²) in [5.74, 6) is 0. The zero-order valence-corrected chi connectivity index (χ0v) is 8.27. The summed E-state index contributed by atoms with van der Waals surface area (Å²) in [4.78, 5) is 0. The molecule has 1 heterocycles. The molecule has 2 aromatic rings. The highest BCUT2D eigenvalue weighted by molar-refractivity contribution is 5.73. The zero-order valence-electron chi connectivity index (χ0n) is 8.27. The zero-order chi connectivity index (χ0) is 9.97. The number of allylic oxidation sites excluding steroid dienone is 1. The fourth-order valence-corrected chi connectivity index (χ4v) is 1.38. The van der Waals surface area contributed by atoms with E-state index in [1.54, 1.807) is 0 Å². The van der Waals surface area contributed by atoms with E-state index in [1.807, 2.05) is 35.9 Å². The lowest BCUT2D eigenvalue weighted by Crippen LogP contribution is -2.00. The molecule has 0 bridgehead atoms. The van der Waals surface area contributed by atoms with Gasteiger partial charge in [-0.25, -0.2) is 4.68 Å². The quantitative estimate of drug-likeness (QED) is 0.691. The van der Waals surface area contributed by atoms with Crippen LogP contribution < -0.4 is 0 Å². The van der Waals surface area contributed by atoms with Gasteiger partial charge >= 0.3 is 0 Å². The van der Waals surface area contributed by atoms with E-state index in [9.17, 15) is 0 Å². The molecule has 0 aliphatic heterocycles. The first-order valence-corrected chi connectivity index (χ1v) is 4.70. The molecular weight excluding hydrogens is 174 g/mol. The van der Waals surface area contributed by atoms with Gasteiger partial charge < -0.3 is 0 Å². The van der Waals surface area contributed by atoms with Gasteiger partial charge in [-0.05, 0) is 25.5 Å². The van der Waals surface area contributed by atoms with Gasteiger partial charge in [0.25, 0.3) is 0 Å². The first-order chi connectivity index (χ1) is 6.77. The van der Waals surface area contributed by atoms with Crippen molar-refractivity contribution in [1.82, 2.24) is 15.0 Å². The average molecular weight is 187 g/mol. The van der Waals surface area contributed by atoms with Crippen molar-refractivity contribution in [2.45, 2.75) is 19.9 Å². The van der Waals surface area contributed by atoms with Crippen LogP contribution in [0.25, 0.3) is 11.0 Å². The summed E-state index contributed by atoms with van der Waals surface area (Å²) < 4.78 is 1.92. The standard InChI is InChI=1S/C11H13N3/c1-9(2)7-8-14-11-6-4-3-5-10(11)12-13-14/h3-6H,1,7-8H2,2H3. The van der Waals surface area contributed by atoms with Crippen molar-refractivity contribution < 1.29 is 0 Å². The summed E-state index contributed by atoms with van der Waals surface area (Å²) in [7, 11) is 0. The molecule has 0 N–H and O–H groups in total. The normalized spacial score (nSPS) is 10.6. The SMILES string of the molecule is C=C(C)CCn1nnc2ccccc21. The van der Waals surface area contributed by atoms with Crippen LogP contribution in [-0.4, -0.2) is 15.0 Å². The van der Waals surface area contributed by atoms with Crippen LogP contribution in [0.3, 0.4) is 0 Å². The molecule has 0 unspecified atom stereocenters. The molecule has 0 aliphatic rings. The Kier molecular flexibility index (Phi) is 2.31. The van der Waals surface area contributed by atoms with Gasteiger partial charge in [-0.2, -0.15) is 0 Å². The van der Waals surface area contributed by atoms with Gasteiger partial charge in [0.15, 0.2) is 0 Å². The van der Waals surface area contributed by atoms with Crippen molar-refractivity contribution in [3.63, 3.8) is 0 Å². The molecule has 3 heteroatoms. The molecule has 2 rings (SSSR count). The summed E-state index contributed by atoms with van der Waals surface area (Å²) in [5, 5.41) is 8.17. The predicted octanol–water partition coefficient (Wildman–Crippen LogP) is 2.40. The Bertz CT molecular complexity index is 456. The fraction of sp³-hybridized carbons (Fsp3) is 0.273. The van der Waals surface area contributed by atoms with Gasteiger partial charge in [-0.3, -0.25) is 0 Å². The number of hydrogen-bond acceptors (Lipinski definition) is 2. The number of hydrogen-bond donors (Lipinski definition) is 0. The second-order valence-electron chi connectivity index (χ2n) is 3.51. The van der Waals surface area contributed by atoms with Gasteiger partial charge in [-0.15, -0.1) is 11.7 Å². The van der Waals surface area contributed by atoms with Crippen molar-refractivity contribution in [2.24, 2.45) is 0 Å². The topological polar surface area (TPSA) is 30.7 Å². The number of nitrogens with zero attached hydrogens (tertiary/aromatic N) is 3. The predicted molar refractivity (Wildman–Crippen MR) is 57.0 cm³/mol. The Morgan fingerprint density at radius 1 is 1.43 bits per heavy atom. The Morgan fingerprint density at radius 3 is 3.00 bits per heavy atom. The first kappa shape index (κ1) is 8.94. The fourth-order valence-electron chi connectivity index (χ4n) is 1.38. The number of para-hydroxylation sites is 1. The van der Waals surface area contributed by atoms with E-state index in [2.05, 4.69) is 16.9 Å². The smallest absolute Gasteiger partial charge is 0.113 e. The van der Waals surface area contributed by atoms with E-state index in [0.29, 0.717) is 0 Å². The van der Waals surface area contributed by atoms with Crippen molar-refractivity contribution >= 4 is 11.0 Å². The molecule has 0 saturated carbocycles. The van der Waals surface area contributed by atoms with Crippen LogP contribution in [0.1, 0.15) is 13.3 Å². The van der Waals surface area contributed by atoms with Crippen LogP contribution in [0.4, 0.5) is 0 Å². The molecule has 0 radical (unpaired) electrons. The highest BCUT2D eigenvalue weighted by atomic mass is 15.4. The highest BCUT2D eigenvalue weighted by Crippen LogP contribution is 2.10. The van der Waals surface area contributed by atoms with Crippen LogP contribution in [0, 0.1) is 0 Å². The second-order valence-corrected chi connectivity index (χ2v) is 3.51. The van der Waals surface area contributed by atoms with E-state index in [0.717, 1.165) is 24.0 Å². The van der Waals surface area contributed by atoms with Crippen LogP contribution >= 0.6 is 0 Å². The maximum absolute atomic E-state index is 4.09. The molecule has 14 heavy (non-hydrogen) atoms. The minimum Gasteiger partial charge on any atom is -0.244 e. The summed E-state index contributed by atoms with van der Waals surface area (Å²) >= 11 is 0. The number of fused-ring (bicyclic) bond motifs is 1. The van der Waals surface area contributed by atoms with Gasteiger partial charge in [0.05, 0.1) is 5.52 Å². The Labute approximate surface area is 83.0 Å². The molecule has 0 spiro atoms. The average Bonchev–Trinajstić information content (AvgIpc) is 2.58. The lowest BCUT2D eigenvalue weighted by atomic mass is 10.2. The highest BCUT2D eigenvalue weighted by Gasteiger charge is 2.01. The number of benzene rings is 1. The second kappa shape index (κ2) is 3.62. The molecule has 0 fully saturated rings. The summed E-state index contributed by atoms with van der Waals surface area (Å²) in [6, 6.07) is 7.98. The van der Waals surface area contributed by atoms with Crippen molar-refractivity contribution in [2.75, 3.05) is 0 Å². The molecule has 1 aromatic heterocycles. The Morgan fingerprint density at radius 2 is 2.21 bits per heavy atom. The molecular formula is C11H13N3. The van der Waals surface area contributed by atoms with Crippen LogP contribution in [0.15, 0.2) is 36.4 Å². The summed E-state index contributed by atoms with van der Waals surface area (Å²) in [5.41, 5.74) is 3.22. The monoisotopic (exact) mass is 187 g/mol. The molecule has 1 aromatic carbocycles. The maximum atomic E-state index is 4.09. The molecule has 0 aliphatic carbocycles. The van der Waals surface area contributed by atoms with Gasteiger partial charge in [0.2, 0.25) is 0 Å². The van der Waals surface area contributed by atoms with Crippen molar-refractivity contribution in [1.29, 1.82) is 0 Å². The number of aryl methyl sites for hydroxylation is 1. The van der Waals surface area contributed by atoms with E-state index in [4.69, 9.17) is 0 Å². The number of rotatable bonds is 3. The van der Waals surface area contributed by atoms with Gasteiger partial charge in [0, 0.05) is 6.54 Å². The van der Waals surface area contributed by atoms with Crippen LogP contribution in [0.5, 0.6) is 0 Å². The third-order valence-electron chi connectivity index (χ3n) is 2.17. The van der Waals surface area contributed by atoms with E-state index < -0.39 is 0 Å². The Hall–Kier alpha value is -1.64. The lowest BCUT2D eigenvalue weighted by Gasteiger charge is -2.00. The molecule has 72 valence electrons. The minimum atomic E-state index is 0.857. The van der Waals surface area contributed by atoms with E-state index >= 15 is 0 Å². The van der Waals surface area contributed by atoms with Gasteiger partial charge in [-0.1, -0.05) is 22.9 Å². The summed E-state index contributed by atoms with van der Waals surface area (Å²) in [6.45, 7) is 6.76. The largest absolute Gasteiger partial charge is 0.244 e. The minimum absolute atomic E-state index is 0.857. The lowest BCUT2D eigenvalue weighted by molar-refractivity contribution is 0.605. The Balaban J connectivity index is 2.29. The number of aromatic nitrogens is 3. The molecule has 0 atom stereocenters. The third kappa shape index (κ3) is 1.66. The molecule has 3 nitrogen and oxygen atoms in total. The van der Waals surface area contributed by atoms with Crippen LogP contribution in [-0.2, 0) is 6.54 Å².